The summed E-state index contributed by atoms with van der Waals surface area (Å²) in [4.78, 5) is 10.7. The summed E-state index contributed by atoms with van der Waals surface area (Å²) in [7, 11) is 0. The lowest BCUT2D eigenvalue weighted by molar-refractivity contribution is 0.266. The zero-order valence-electron chi connectivity index (χ0n) is 13.4. The fraction of sp³-hybridized carbons (Fsp3) is 0.412. The lowest BCUT2D eigenvalue weighted by Gasteiger charge is -2.24. The van der Waals surface area contributed by atoms with Gasteiger partial charge in [-0.15, -0.1) is 0 Å². The molecule has 6 nitrogen and oxygen atoms in total. The summed E-state index contributed by atoms with van der Waals surface area (Å²) < 4.78 is 6.69. The van der Waals surface area contributed by atoms with Gasteiger partial charge in [-0.3, -0.25) is 0 Å². The minimum Gasteiger partial charge on any atom is -0.492 e. The van der Waals surface area contributed by atoms with Crippen LogP contribution in [0, 0.1) is 0 Å². The number of aromatic nitrogens is 2. The fourth-order valence-corrected chi connectivity index (χ4v) is 3.21. The summed E-state index contributed by atoms with van der Waals surface area (Å²) in [5.41, 5.74) is 0. The molecule has 1 saturated heterocycles. The van der Waals surface area contributed by atoms with E-state index in [2.05, 4.69) is 36.1 Å². The van der Waals surface area contributed by atoms with Crippen molar-refractivity contribution in [3.05, 3.63) is 41.1 Å². The first-order valence-electron chi connectivity index (χ1n) is 8.08. The predicted molar refractivity (Wildman–Crippen MR) is 97.6 cm³/mol. The van der Waals surface area contributed by atoms with E-state index >= 15 is 0 Å². The number of anilines is 2. The fourth-order valence-electron chi connectivity index (χ4n) is 2.83. The molecule has 0 radical (unpaired) electrons. The van der Waals surface area contributed by atoms with E-state index in [-0.39, 0.29) is 12.6 Å². The highest BCUT2D eigenvalue weighted by molar-refractivity contribution is 9.10. The first-order chi connectivity index (χ1) is 11.8. The Morgan fingerprint density at radius 2 is 2.25 bits per heavy atom. The standard InChI is InChI=1S/C17H21BrN4O2/c18-13-3-1-5-15(9-13)24-8-6-19-16-10-17(21-12-20-16)22-7-2-4-14(22)11-23/h1,3,5,9-10,12,14,23H,2,4,6-8,11H2,(H,19,20,21). The number of halogens is 1. The summed E-state index contributed by atoms with van der Waals surface area (Å²) in [6, 6.07) is 9.85. The highest BCUT2D eigenvalue weighted by atomic mass is 79.9. The summed E-state index contributed by atoms with van der Waals surface area (Å²) in [6.07, 6.45) is 3.64. The molecule has 1 aliphatic heterocycles. The number of hydrogen-bond donors (Lipinski definition) is 2. The van der Waals surface area contributed by atoms with E-state index < -0.39 is 0 Å². The van der Waals surface area contributed by atoms with Crippen molar-refractivity contribution in [2.45, 2.75) is 18.9 Å². The number of aliphatic hydroxyl groups excluding tert-OH is 1. The Morgan fingerprint density at radius 1 is 1.33 bits per heavy atom. The van der Waals surface area contributed by atoms with Crippen molar-refractivity contribution in [2.75, 3.05) is 36.5 Å². The van der Waals surface area contributed by atoms with Gasteiger partial charge >= 0.3 is 0 Å². The van der Waals surface area contributed by atoms with Crippen LogP contribution in [0.15, 0.2) is 41.1 Å². The van der Waals surface area contributed by atoms with Gasteiger partial charge in [0.15, 0.2) is 0 Å². The molecule has 1 atom stereocenters. The maximum absolute atomic E-state index is 9.45. The largest absolute Gasteiger partial charge is 0.492 e. The third-order valence-corrected chi connectivity index (χ3v) is 4.50. The van der Waals surface area contributed by atoms with Crippen molar-refractivity contribution in [1.82, 2.24) is 9.97 Å². The highest BCUT2D eigenvalue weighted by Crippen LogP contribution is 2.24. The zero-order valence-corrected chi connectivity index (χ0v) is 14.9. The minimum absolute atomic E-state index is 0.160. The Labute approximate surface area is 150 Å². The van der Waals surface area contributed by atoms with Crippen LogP contribution in [-0.4, -0.2) is 47.4 Å². The second kappa shape index (κ2) is 8.30. The molecule has 2 aromatic rings. The van der Waals surface area contributed by atoms with Crippen LogP contribution in [0.1, 0.15) is 12.8 Å². The number of nitrogens with zero attached hydrogens (tertiary/aromatic N) is 3. The van der Waals surface area contributed by atoms with Crippen LogP contribution in [-0.2, 0) is 0 Å². The van der Waals surface area contributed by atoms with E-state index in [0.717, 1.165) is 41.2 Å². The van der Waals surface area contributed by atoms with Crippen molar-refractivity contribution < 1.29 is 9.84 Å². The van der Waals surface area contributed by atoms with E-state index in [4.69, 9.17) is 4.74 Å². The third-order valence-electron chi connectivity index (χ3n) is 4.01. The van der Waals surface area contributed by atoms with Crippen LogP contribution in [0.25, 0.3) is 0 Å². The van der Waals surface area contributed by atoms with Gasteiger partial charge in [0.25, 0.3) is 0 Å². The molecule has 0 aliphatic carbocycles. The molecule has 1 aromatic heterocycles. The van der Waals surface area contributed by atoms with Crippen molar-refractivity contribution in [1.29, 1.82) is 0 Å². The molecule has 0 spiro atoms. The molecular formula is C17H21BrN4O2. The second-order valence-electron chi connectivity index (χ2n) is 5.67. The maximum atomic E-state index is 9.45. The van der Waals surface area contributed by atoms with Crippen LogP contribution in [0.3, 0.4) is 0 Å². The topological polar surface area (TPSA) is 70.5 Å². The van der Waals surface area contributed by atoms with Crippen molar-refractivity contribution in [3.63, 3.8) is 0 Å². The van der Waals surface area contributed by atoms with Gasteiger partial charge in [-0.25, -0.2) is 9.97 Å². The van der Waals surface area contributed by atoms with Crippen molar-refractivity contribution in [2.24, 2.45) is 0 Å². The molecule has 0 bridgehead atoms. The summed E-state index contributed by atoms with van der Waals surface area (Å²) in [5.74, 6) is 2.45. The second-order valence-corrected chi connectivity index (χ2v) is 6.58. The van der Waals surface area contributed by atoms with Crippen LogP contribution >= 0.6 is 15.9 Å². The van der Waals surface area contributed by atoms with Crippen LogP contribution in [0.2, 0.25) is 0 Å². The molecule has 1 unspecified atom stereocenters. The number of aliphatic hydroxyl groups is 1. The van der Waals surface area contributed by atoms with E-state index in [0.29, 0.717) is 13.2 Å². The Bertz CT molecular complexity index is 671. The molecular weight excluding hydrogens is 372 g/mol. The molecule has 24 heavy (non-hydrogen) atoms. The van der Waals surface area contributed by atoms with E-state index in [1.807, 2.05) is 30.3 Å². The lowest BCUT2D eigenvalue weighted by Crippen LogP contribution is -2.32. The third kappa shape index (κ3) is 4.36. The molecule has 1 aromatic carbocycles. The average molecular weight is 393 g/mol. The van der Waals surface area contributed by atoms with Gasteiger partial charge in [0.05, 0.1) is 19.2 Å². The van der Waals surface area contributed by atoms with Gasteiger partial charge in [0, 0.05) is 17.1 Å². The molecule has 3 rings (SSSR count). The van der Waals surface area contributed by atoms with Gasteiger partial charge in [-0.05, 0) is 31.0 Å². The molecule has 1 fully saturated rings. The molecule has 7 heteroatoms. The SMILES string of the molecule is OCC1CCCN1c1cc(NCCOc2cccc(Br)c2)ncn1. The van der Waals surface area contributed by atoms with Gasteiger partial charge < -0.3 is 20.1 Å². The Morgan fingerprint density at radius 3 is 3.08 bits per heavy atom. The number of nitrogens with one attached hydrogen (secondary N) is 1. The zero-order chi connectivity index (χ0) is 16.8. The van der Waals surface area contributed by atoms with Crippen molar-refractivity contribution >= 4 is 27.6 Å². The molecule has 2 heterocycles. The Balaban J connectivity index is 1.51. The molecule has 2 N–H and O–H groups in total. The van der Waals surface area contributed by atoms with E-state index in [9.17, 15) is 5.11 Å². The Hall–Kier alpha value is -1.86. The quantitative estimate of drug-likeness (QED) is 0.705. The molecule has 0 amide bonds. The van der Waals surface area contributed by atoms with Crippen molar-refractivity contribution in [3.8, 4) is 5.75 Å². The average Bonchev–Trinajstić information content (AvgIpc) is 3.08. The maximum Gasteiger partial charge on any atom is 0.134 e. The van der Waals surface area contributed by atoms with Gasteiger partial charge in [-0.1, -0.05) is 22.0 Å². The highest BCUT2D eigenvalue weighted by Gasteiger charge is 2.25. The number of benzene rings is 1. The van der Waals surface area contributed by atoms with Crippen LogP contribution in [0.5, 0.6) is 5.75 Å². The van der Waals surface area contributed by atoms with E-state index in [1.165, 1.54) is 0 Å². The van der Waals surface area contributed by atoms with Crippen LogP contribution in [0.4, 0.5) is 11.6 Å². The summed E-state index contributed by atoms with van der Waals surface area (Å²) in [6.45, 7) is 2.27. The van der Waals surface area contributed by atoms with Gasteiger partial charge in [0.1, 0.15) is 30.3 Å². The minimum atomic E-state index is 0.160. The molecule has 128 valence electrons. The molecule has 1 aliphatic rings. The lowest BCUT2D eigenvalue weighted by atomic mass is 10.2. The molecule has 0 saturated carbocycles. The number of hydrogen-bond acceptors (Lipinski definition) is 6. The van der Waals surface area contributed by atoms with Gasteiger partial charge in [-0.2, -0.15) is 0 Å². The predicted octanol–water partition coefficient (Wildman–Crippen LogP) is 2.69. The number of rotatable bonds is 7. The summed E-state index contributed by atoms with van der Waals surface area (Å²) >= 11 is 3.42. The van der Waals surface area contributed by atoms with Gasteiger partial charge in [0.2, 0.25) is 0 Å². The Kier molecular flexibility index (Phi) is 5.87. The van der Waals surface area contributed by atoms with Crippen LogP contribution < -0.4 is 15.0 Å². The monoisotopic (exact) mass is 392 g/mol. The summed E-state index contributed by atoms with van der Waals surface area (Å²) in [5, 5.41) is 12.7. The first-order valence-corrected chi connectivity index (χ1v) is 8.87. The van der Waals surface area contributed by atoms with E-state index in [1.54, 1.807) is 6.33 Å². The first kappa shape index (κ1) is 17.0. The normalized spacial score (nSPS) is 17.1. The number of ether oxygens (including phenoxy) is 1. The smallest absolute Gasteiger partial charge is 0.134 e.